The van der Waals surface area contributed by atoms with Crippen molar-refractivity contribution in [2.75, 3.05) is 0 Å². The molecule has 4 aromatic carbocycles. The van der Waals surface area contributed by atoms with Crippen LogP contribution in [0.1, 0.15) is 254 Å². The number of unbranched alkanes of at least 4 members (excludes halogenated alkanes) is 16. The Morgan fingerprint density at radius 3 is 0.823 bits per heavy atom. The molecule has 0 atom stereocenters. The monoisotopic (exact) mass is 1060 g/mol. The number of fused-ring (bicyclic) bond motifs is 21. The van der Waals surface area contributed by atoms with E-state index in [0.29, 0.717) is 0 Å². The molecule has 1 aliphatic rings. The Morgan fingerprint density at radius 2 is 0.506 bits per heavy atom. The van der Waals surface area contributed by atoms with Gasteiger partial charge in [0.1, 0.15) is 28.2 Å². The van der Waals surface area contributed by atoms with Crippen molar-refractivity contribution in [3.05, 3.63) is 93.0 Å². The minimum Gasteiger partial charge on any atom is -0.337 e. The van der Waals surface area contributed by atoms with Crippen LogP contribution in [0, 0.1) is 0 Å². The van der Waals surface area contributed by atoms with E-state index in [0.717, 1.165) is 124 Å². The predicted octanol–water partition coefficient (Wildman–Crippen LogP) is 21.4. The van der Waals surface area contributed by atoms with Crippen molar-refractivity contribution in [3.63, 3.8) is 0 Å². The number of benzene rings is 4. The van der Waals surface area contributed by atoms with Crippen LogP contribution in [0.4, 0.5) is 0 Å². The van der Waals surface area contributed by atoms with Gasteiger partial charge in [-0.2, -0.15) is 0 Å². The van der Waals surface area contributed by atoms with Gasteiger partial charge in [-0.05, 0) is 196 Å². The van der Waals surface area contributed by atoms with Crippen LogP contribution in [0.5, 0.6) is 0 Å². The molecular formula is C72H99N7. The molecule has 1 aliphatic heterocycles. The van der Waals surface area contributed by atoms with Crippen molar-refractivity contribution in [2.24, 2.45) is 0 Å². The Balaban J connectivity index is 1.45. The van der Waals surface area contributed by atoms with Gasteiger partial charge in [0, 0.05) is 43.4 Å². The Kier molecular flexibility index (Phi) is 21.1. The standard InChI is InChI=1S/C72H99N7/c1-9-17-25-33-49-41-57-59(43-51(49)35-27-19-11-3)67-73-65(57)66-58-42-50(34-26-18-10-2)52(36-28-20-12-4)44-60(58)68(74-66)76-70-62-46-54(38-30-22-14-6)56(40-32-24-16-8)48-64(62)72(78-70)79-71-63-47-55(39-31-23-15-7)53(37-29-21-13-5)45-61(63)69(75-67)77-71/h41-48H,9-40H2,1-8H3,(H3,73,74,75,76,77,78,79). The SMILES string of the molecule is CCCCCc1cc2c(cc1CCCCC)-c1nc-2nc2[nH]c(nc3[nH]c(nc4[nH]c1c1cc(CCCCC)c(CCCCC)cc41)c1cc(CCCCC)c(CCCCC)cc31)c1cc(CCCCC)c(CCCCC)cc21. The Labute approximate surface area is 475 Å². The van der Waals surface area contributed by atoms with Gasteiger partial charge in [-0.15, -0.1) is 0 Å². The van der Waals surface area contributed by atoms with Gasteiger partial charge >= 0.3 is 0 Å². The smallest absolute Gasteiger partial charge is 0.162 e. The molecule has 422 valence electrons. The number of hydrogen-bond acceptors (Lipinski definition) is 4. The first kappa shape index (κ1) is 58.1. The van der Waals surface area contributed by atoms with E-state index in [1.54, 1.807) is 0 Å². The Bertz CT molecular complexity index is 3420. The molecule has 4 aromatic heterocycles. The second kappa shape index (κ2) is 28.7. The number of rotatable bonds is 32. The van der Waals surface area contributed by atoms with Gasteiger partial charge in [0.15, 0.2) is 5.82 Å². The lowest BCUT2D eigenvalue weighted by Crippen LogP contribution is -1.98. The fourth-order valence-corrected chi connectivity index (χ4v) is 12.9. The summed E-state index contributed by atoms with van der Waals surface area (Å²) in [4.78, 5) is 35.2. The maximum atomic E-state index is 5.83. The molecule has 7 heteroatoms. The number of hydrogen-bond donors (Lipinski definition) is 3. The zero-order valence-electron chi connectivity index (χ0n) is 50.5. The largest absolute Gasteiger partial charge is 0.337 e. The summed E-state index contributed by atoms with van der Waals surface area (Å²) in [6.07, 6.45) is 37.6. The van der Waals surface area contributed by atoms with Crippen LogP contribution < -0.4 is 0 Å². The van der Waals surface area contributed by atoms with Crippen LogP contribution in [-0.4, -0.2) is 34.9 Å². The molecule has 0 fully saturated rings. The second-order valence-corrected chi connectivity index (χ2v) is 23.9. The minimum absolute atomic E-state index is 0.783. The minimum atomic E-state index is 0.783. The predicted molar refractivity (Wildman–Crippen MR) is 342 cm³/mol. The highest BCUT2D eigenvalue weighted by Gasteiger charge is 2.26. The summed E-state index contributed by atoms with van der Waals surface area (Å²) in [6, 6.07) is 20.1. The number of aromatic amines is 3. The summed E-state index contributed by atoms with van der Waals surface area (Å²) in [7, 11) is 0. The van der Waals surface area contributed by atoms with Crippen molar-refractivity contribution in [1.29, 1.82) is 0 Å². The molecule has 5 heterocycles. The van der Waals surface area contributed by atoms with Crippen LogP contribution in [-0.2, 0) is 51.4 Å². The van der Waals surface area contributed by atoms with Gasteiger partial charge in [0.05, 0.1) is 11.2 Å². The topological polar surface area (TPSA) is 98.9 Å². The molecule has 0 saturated heterocycles. The first-order valence-electron chi connectivity index (χ1n) is 32.6. The number of H-pyrrole nitrogens is 3. The van der Waals surface area contributed by atoms with E-state index in [9.17, 15) is 0 Å². The molecule has 0 saturated carbocycles. The van der Waals surface area contributed by atoms with Crippen LogP contribution >= 0.6 is 0 Å². The summed E-state index contributed by atoms with van der Waals surface area (Å²) in [6.45, 7) is 18.5. The number of nitrogens with one attached hydrogen (secondary N) is 3. The van der Waals surface area contributed by atoms with Gasteiger partial charge < -0.3 is 15.0 Å². The van der Waals surface area contributed by atoms with E-state index in [-0.39, 0.29) is 0 Å². The highest BCUT2D eigenvalue weighted by atomic mass is 15.0. The van der Waals surface area contributed by atoms with Crippen molar-refractivity contribution >= 4 is 66.1 Å². The van der Waals surface area contributed by atoms with Gasteiger partial charge in [0.2, 0.25) is 0 Å². The lowest BCUT2D eigenvalue weighted by atomic mass is 9.91. The number of aryl methyl sites for hydroxylation is 8. The van der Waals surface area contributed by atoms with Crippen molar-refractivity contribution in [2.45, 2.75) is 261 Å². The second-order valence-electron chi connectivity index (χ2n) is 23.9. The fraction of sp³-hybridized carbons (Fsp3) is 0.556. The van der Waals surface area contributed by atoms with E-state index in [2.05, 4.69) is 119 Å². The maximum Gasteiger partial charge on any atom is 0.162 e. The average Bonchev–Trinajstić information content (AvgIpc) is 4.20. The van der Waals surface area contributed by atoms with Crippen LogP contribution in [0.15, 0.2) is 48.5 Å². The molecule has 3 N–H and O–H groups in total. The van der Waals surface area contributed by atoms with E-state index in [1.807, 2.05) is 0 Å². The van der Waals surface area contributed by atoms with Crippen LogP contribution in [0.25, 0.3) is 88.7 Å². The quantitative estimate of drug-likeness (QED) is 0.0366. The first-order valence-corrected chi connectivity index (χ1v) is 32.6. The molecule has 7 nitrogen and oxygen atoms in total. The summed E-state index contributed by atoms with van der Waals surface area (Å²) < 4.78 is 0. The van der Waals surface area contributed by atoms with E-state index in [1.165, 1.54) is 215 Å². The zero-order chi connectivity index (χ0) is 55.1. The Morgan fingerprint density at radius 1 is 0.253 bits per heavy atom. The summed E-state index contributed by atoms with van der Waals surface area (Å²) in [5.74, 6) is 0.783. The van der Waals surface area contributed by atoms with Gasteiger partial charge in [-0.1, -0.05) is 158 Å². The molecule has 9 rings (SSSR count). The highest BCUT2D eigenvalue weighted by molar-refractivity contribution is 6.13. The zero-order valence-corrected chi connectivity index (χ0v) is 50.5. The molecule has 0 radical (unpaired) electrons. The van der Waals surface area contributed by atoms with Crippen molar-refractivity contribution in [3.8, 4) is 22.6 Å². The lowest BCUT2D eigenvalue weighted by molar-refractivity contribution is 0.694. The molecule has 0 spiro atoms. The van der Waals surface area contributed by atoms with Crippen molar-refractivity contribution in [1.82, 2.24) is 34.9 Å². The molecule has 0 unspecified atom stereocenters. The third-order valence-corrected chi connectivity index (χ3v) is 17.6. The third-order valence-electron chi connectivity index (χ3n) is 17.6. The highest BCUT2D eigenvalue weighted by Crippen LogP contribution is 2.43. The molecule has 8 bridgehead atoms. The van der Waals surface area contributed by atoms with Crippen molar-refractivity contribution < 1.29 is 0 Å². The fourth-order valence-electron chi connectivity index (χ4n) is 12.9. The maximum absolute atomic E-state index is 5.83. The summed E-state index contributed by atoms with van der Waals surface area (Å²) in [5.41, 5.74) is 20.4. The molecule has 0 amide bonds. The average molecular weight is 1060 g/mol. The van der Waals surface area contributed by atoms with E-state index >= 15 is 0 Å². The Hall–Kier alpha value is -5.56. The van der Waals surface area contributed by atoms with Gasteiger partial charge in [-0.3, -0.25) is 0 Å². The lowest BCUT2D eigenvalue weighted by Gasteiger charge is -2.13. The first-order chi connectivity index (χ1) is 38.8. The van der Waals surface area contributed by atoms with Crippen LogP contribution in [0.3, 0.4) is 0 Å². The van der Waals surface area contributed by atoms with Crippen LogP contribution in [0.2, 0.25) is 0 Å². The molecule has 79 heavy (non-hydrogen) atoms. The normalized spacial score (nSPS) is 12.2. The molecule has 0 aliphatic carbocycles. The summed E-state index contributed by atoms with van der Waals surface area (Å²) >= 11 is 0. The summed E-state index contributed by atoms with van der Waals surface area (Å²) in [5, 5.41) is 6.94. The van der Waals surface area contributed by atoms with Gasteiger partial charge in [0.25, 0.3) is 0 Å². The number of nitrogens with zero attached hydrogens (tertiary/aromatic N) is 4. The molecular weight excluding hydrogens is 963 g/mol. The van der Waals surface area contributed by atoms with E-state index in [4.69, 9.17) is 19.9 Å². The van der Waals surface area contributed by atoms with E-state index < -0.39 is 0 Å². The van der Waals surface area contributed by atoms with Gasteiger partial charge in [-0.25, -0.2) is 19.9 Å². The molecule has 8 aromatic rings. The third kappa shape index (κ3) is 13.6. The number of aromatic nitrogens is 7.